The topological polar surface area (TPSA) is 101 Å². The molecule has 0 aliphatic carbocycles. The van der Waals surface area contributed by atoms with Gasteiger partial charge in [0.05, 0.1) is 25.5 Å². The van der Waals surface area contributed by atoms with E-state index in [1.165, 1.54) is 31.5 Å². The molecular formula is C21H24F2N2O5. The Hall–Kier alpha value is -2.62. The van der Waals surface area contributed by atoms with Gasteiger partial charge in [-0.1, -0.05) is 13.0 Å². The first kappa shape index (κ1) is 22.1. The molecule has 0 bridgehead atoms. The van der Waals surface area contributed by atoms with Crippen LogP contribution in [0.15, 0.2) is 30.5 Å². The van der Waals surface area contributed by atoms with E-state index in [4.69, 9.17) is 14.6 Å². The van der Waals surface area contributed by atoms with Gasteiger partial charge in [0, 0.05) is 23.4 Å². The molecule has 3 rings (SSSR count). The van der Waals surface area contributed by atoms with Gasteiger partial charge < -0.3 is 25.0 Å². The number of aliphatic hydroxyl groups is 2. The number of nitrogens with zero attached hydrogens (tertiary/aromatic N) is 1. The maximum atomic E-state index is 14.3. The number of halogens is 2. The Kier molecular flexibility index (Phi) is 6.64. The number of nitrogens with one attached hydrogen (secondary N) is 1. The van der Waals surface area contributed by atoms with Crippen molar-refractivity contribution in [3.8, 4) is 5.75 Å². The van der Waals surface area contributed by atoms with Crippen LogP contribution in [0.4, 0.5) is 14.5 Å². The first-order valence-electron chi connectivity index (χ1n) is 9.51. The Morgan fingerprint density at radius 2 is 2.07 bits per heavy atom. The number of carbonyl (C=O) groups excluding carboxylic acids is 1. The van der Waals surface area contributed by atoms with Crippen LogP contribution in [0.25, 0.3) is 0 Å². The lowest BCUT2D eigenvalue weighted by molar-refractivity contribution is -0.127. The highest BCUT2D eigenvalue weighted by Gasteiger charge is 2.46. The van der Waals surface area contributed by atoms with E-state index in [-0.39, 0.29) is 23.5 Å². The van der Waals surface area contributed by atoms with Crippen LogP contribution in [0, 0.1) is 17.6 Å². The van der Waals surface area contributed by atoms with Crippen LogP contribution in [-0.4, -0.2) is 47.0 Å². The zero-order chi connectivity index (χ0) is 22.0. The van der Waals surface area contributed by atoms with Crippen LogP contribution in [-0.2, 0) is 9.53 Å². The first-order chi connectivity index (χ1) is 14.3. The lowest BCUT2D eigenvalue weighted by Crippen LogP contribution is -2.33. The van der Waals surface area contributed by atoms with Crippen LogP contribution in [0.1, 0.15) is 37.1 Å². The highest BCUT2D eigenvalue weighted by Crippen LogP contribution is 2.44. The van der Waals surface area contributed by atoms with Gasteiger partial charge in [-0.3, -0.25) is 9.78 Å². The second kappa shape index (κ2) is 9.03. The normalized spacial score (nSPS) is 24.5. The molecule has 9 heteroatoms. The monoisotopic (exact) mass is 422 g/mol. The van der Waals surface area contributed by atoms with Crippen molar-refractivity contribution in [2.24, 2.45) is 5.92 Å². The van der Waals surface area contributed by atoms with Crippen molar-refractivity contribution in [2.75, 3.05) is 19.0 Å². The molecule has 1 amide bonds. The molecule has 2 heterocycles. The summed E-state index contributed by atoms with van der Waals surface area (Å²) in [5, 5.41) is 21.5. The zero-order valence-electron chi connectivity index (χ0n) is 16.8. The number of ether oxygens (including phenoxy) is 2. The van der Waals surface area contributed by atoms with Gasteiger partial charge in [-0.05, 0) is 31.0 Å². The van der Waals surface area contributed by atoms with Crippen LogP contribution >= 0.6 is 0 Å². The fourth-order valence-corrected chi connectivity index (χ4v) is 3.71. The number of benzene rings is 1. The fraction of sp³-hybridized carbons (Fsp3) is 0.429. The number of pyridine rings is 1. The SMILES string of the molecule is COc1c([C@H]2[C@@H](C)[C@@H](C)O[C@@H]2C(=O)Nc2ccnc([C@@H](O)CO)c2)ccc(F)c1F. The maximum absolute atomic E-state index is 14.3. The number of rotatable bonds is 6. The Morgan fingerprint density at radius 3 is 2.73 bits per heavy atom. The molecule has 1 saturated heterocycles. The maximum Gasteiger partial charge on any atom is 0.254 e. The number of anilines is 1. The summed E-state index contributed by atoms with van der Waals surface area (Å²) in [5.41, 5.74) is 0.895. The first-order valence-corrected chi connectivity index (χ1v) is 9.51. The van der Waals surface area contributed by atoms with E-state index >= 15 is 0 Å². The third-order valence-electron chi connectivity index (χ3n) is 5.46. The Bertz CT molecular complexity index is 926. The summed E-state index contributed by atoms with van der Waals surface area (Å²) in [6, 6.07) is 5.37. The number of hydrogen-bond acceptors (Lipinski definition) is 6. The molecule has 5 atom stereocenters. The number of carbonyl (C=O) groups is 1. The van der Waals surface area contributed by atoms with Gasteiger partial charge in [0.25, 0.3) is 5.91 Å². The highest BCUT2D eigenvalue weighted by atomic mass is 19.2. The highest BCUT2D eigenvalue weighted by molar-refractivity contribution is 5.95. The summed E-state index contributed by atoms with van der Waals surface area (Å²) in [6.07, 6.45) is -1.08. The minimum atomic E-state index is -1.18. The summed E-state index contributed by atoms with van der Waals surface area (Å²) >= 11 is 0. The van der Waals surface area contributed by atoms with Crippen molar-refractivity contribution in [3.05, 3.63) is 53.4 Å². The van der Waals surface area contributed by atoms with Crippen LogP contribution in [0.3, 0.4) is 0 Å². The molecule has 1 aromatic heterocycles. The number of methoxy groups -OCH3 is 1. The van der Waals surface area contributed by atoms with Crippen molar-refractivity contribution < 1.29 is 33.3 Å². The van der Waals surface area contributed by atoms with E-state index in [9.17, 15) is 18.7 Å². The number of amides is 1. The summed E-state index contributed by atoms with van der Waals surface area (Å²) in [7, 11) is 1.24. The van der Waals surface area contributed by atoms with Gasteiger partial charge in [-0.15, -0.1) is 0 Å². The molecule has 7 nitrogen and oxygen atoms in total. The van der Waals surface area contributed by atoms with Crippen LogP contribution in [0.5, 0.6) is 5.75 Å². The average molecular weight is 422 g/mol. The predicted octanol–water partition coefficient (Wildman–Crippen LogP) is 2.54. The quantitative estimate of drug-likeness (QED) is 0.662. The van der Waals surface area contributed by atoms with Crippen molar-refractivity contribution in [1.29, 1.82) is 0 Å². The lowest BCUT2D eigenvalue weighted by Gasteiger charge is -2.23. The predicted molar refractivity (Wildman–Crippen MR) is 104 cm³/mol. The van der Waals surface area contributed by atoms with E-state index < -0.39 is 42.3 Å². The van der Waals surface area contributed by atoms with Crippen molar-refractivity contribution in [2.45, 2.75) is 38.1 Å². The van der Waals surface area contributed by atoms with E-state index in [0.29, 0.717) is 11.3 Å². The van der Waals surface area contributed by atoms with Crippen molar-refractivity contribution in [3.63, 3.8) is 0 Å². The summed E-state index contributed by atoms with van der Waals surface area (Å²) in [6.45, 7) is 3.16. The summed E-state index contributed by atoms with van der Waals surface area (Å²) < 4.78 is 38.9. The third kappa shape index (κ3) is 4.14. The average Bonchev–Trinajstić information content (AvgIpc) is 3.04. The Labute approximate surface area is 172 Å². The number of hydrogen-bond donors (Lipinski definition) is 3. The van der Waals surface area contributed by atoms with E-state index in [1.807, 2.05) is 6.92 Å². The molecule has 1 fully saturated rings. The summed E-state index contributed by atoms with van der Waals surface area (Å²) in [4.78, 5) is 17.0. The molecule has 30 heavy (non-hydrogen) atoms. The Morgan fingerprint density at radius 1 is 1.33 bits per heavy atom. The standard InChI is InChI=1S/C21H24F2N2O5/c1-10-11(2)30-20(17(10)13-4-5-14(22)18(23)19(13)29-3)21(28)25-12-6-7-24-15(8-12)16(27)9-26/h4-8,10-11,16-17,20,26-27H,9H2,1-3H3,(H,24,25,28)/t10-,11+,16-,17+,20-/m0/s1. The third-order valence-corrected chi connectivity index (χ3v) is 5.46. The lowest BCUT2D eigenvalue weighted by atomic mass is 9.82. The molecule has 1 aliphatic heterocycles. The van der Waals surface area contributed by atoms with Crippen molar-refractivity contribution in [1.82, 2.24) is 4.98 Å². The van der Waals surface area contributed by atoms with Crippen LogP contribution < -0.4 is 10.1 Å². The number of aliphatic hydroxyl groups excluding tert-OH is 2. The molecule has 1 aliphatic rings. The van der Waals surface area contributed by atoms with Gasteiger partial charge >= 0.3 is 0 Å². The van der Waals surface area contributed by atoms with Crippen LogP contribution in [0.2, 0.25) is 0 Å². The molecule has 3 N–H and O–H groups in total. The second-order valence-electron chi connectivity index (χ2n) is 7.29. The minimum absolute atomic E-state index is 0.177. The van der Waals surface area contributed by atoms with Crippen molar-refractivity contribution >= 4 is 11.6 Å². The van der Waals surface area contributed by atoms with E-state index in [2.05, 4.69) is 10.3 Å². The largest absolute Gasteiger partial charge is 0.493 e. The van der Waals surface area contributed by atoms with Gasteiger partial charge in [-0.25, -0.2) is 4.39 Å². The molecule has 2 aromatic rings. The van der Waals surface area contributed by atoms with Gasteiger partial charge in [0.2, 0.25) is 5.82 Å². The zero-order valence-corrected chi connectivity index (χ0v) is 16.8. The fourth-order valence-electron chi connectivity index (χ4n) is 3.71. The van der Waals surface area contributed by atoms with Gasteiger partial charge in [0.1, 0.15) is 12.2 Å². The molecule has 0 spiro atoms. The molecule has 0 saturated carbocycles. The molecule has 1 aromatic carbocycles. The smallest absolute Gasteiger partial charge is 0.254 e. The molecular weight excluding hydrogens is 398 g/mol. The second-order valence-corrected chi connectivity index (χ2v) is 7.29. The van der Waals surface area contributed by atoms with E-state index in [0.717, 1.165) is 6.07 Å². The Balaban J connectivity index is 1.91. The van der Waals surface area contributed by atoms with Gasteiger partial charge in [-0.2, -0.15) is 4.39 Å². The molecule has 162 valence electrons. The molecule has 0 radical (unpaired) electrons. The number of aromatic nitrogens is 1. The van der Waals surface area contributed by atoms with Gasteiger partial charge in [0.15, 0.2) is 11.6 Å². The van der Waals surface area contributed by atoms with E-state index in [1.54, 1.807) is 6.92 Å². The summed E-state index contributed by atoms with van der Waals surface area (Å²) in [5.74, 6) is -3.64. The molecule has 0 unspecified atom stereocenters. The minimum Gasteiger partial charge on any atom is -0.493 e.